The average molecular weight is 191 g/mol. The molecule has 1 N–H and O–H groups in total. The highest BCUT2D eigenvalue weighted by Crippen LogP contribution is 1.93. The number of nitrogens with zero attached hydrogens (tertiary/aromatic N) is 4. The SMILES string of the molecule is Cc1ccn(Cc2nn[nH]n2)c(=O)c1. The molecule has 0 aromatic carbocycles. The van der Waals surface area contributed by atoms with Crippen LogP contribution in [0.5, 0.6) is 0 Å². The third-order valence-electron chi connectivity index (χ3n) is 1.85. The second-order valence-electron chi connectivity index (χ2n) is 3.00. The van der Waals surface area contributed by atoms with Crippen LogP contribution in [0.4, 0.5) is 0 Å². The second-order valence-corrected chi connectivity index (χ2v) is 3.00. The first-order valence-electron chi connectivity index (χ1n) is 4.15. The molecule has 0 aliphatic rings. The average Bonchev–Trinajstić information content (AvgIpc) is 2.62. The molecule has 2 rings (SSSR count). The number of hydrogen-bond donors (Lipinski definition) is 1. The number of aromatic amines is 1. The molecule has 2 aromatic heterocycles. The minimum Gasteiger partial charge on any atom is -0.308 e. The molecule has 0 radical (unpaired) electrons. The molecule has 0 fully saturated rings. The minimum atomic E-state index is -0.0604. The topological polar surface area (TPSA) is 76.5 Å². The maximum atomic E-state index is 11.4. The van der Waals surface area contributed by atoms with Crippen LogP contribution in [0.15, 0.2) is 23.1 Å². The summed E-state index contributed by atoms with van der Waals surface area (Å²) in [5.41, 5.74) is 0.883. The standard InChI is InChI=1S/C8H9N5O/c1-6-2-3-13(8(14)4-6)5-7-9-11-12-10-7/h2-4H,5H2,1H3,(H,9,10,11,12). The first-order chi connectivity index (χ1) is 6.75. The van der Waals surface area contributed by atoms with Gasteiger partial charge in [-0.25, -0.2) is 0 Å². The molecule has 72 valence electrons. The lowest BCUT2D eigenvalue weighted by Crippen LogP contribution is -2.19. The zero-order chi connectivity index (χ0) is 9.97. The summed E-state index contributed by atoms with van der Waals surface area (Å²) < 4.78 is 1.53. The van der Waals surface area contributed by atoms with Gasteiger partial charge in [0.2, 0.25) is 0 Å². The summed E-state index contributed by atoms with van der Waals surface area (Å²) in [6.45, 7) is 2.22. The fraction of sp³-hybridized carbons (Fsp3) is 0.250. The van der Waals surface area contributed by atoms with Crippen LogP contribution in [0, 0.1) is 6.92 Å². The summed E-state index contributed by atoms with van der Waals surface area (Å²) in [6, 6.07) is 3.43. The van der Waals surface area contributed by atoms with E-state index in [4.69, 9.17) is 0 Å². The number of nitrogens with one attached hydrogen (secondary N) is 1. The molecule has 2 heterocycles. The van der Waals surface area contributed by atoms with Gasteiger partial charge in [-0.15, -0.1) is 10.2 Å². The lowest BCUT2D eigenvalue weighted by molar-refractivity contribution is 0.714. The van der Waals surface area contributed by atoms with Gasteiger partial charge in [0.15, 0.2) is 5.82 Å². The van der Waals surface area contributed by atoms with Crippen LogP contribution in [0.25, 0.3) is 0 Å². The van der Waals surface area contributed by atoms with Gasteiger partial charge in [-0.3, -0.25) is 4.79 Å². The zero-order valence-corrected chi connectivity index (χ0v) is 7.64. The van der Waals surface area contributed by atoms with Crippen molar-refractivity contribution in [2.45, 2.75) is 13.5 Å². The smallest absolute Gasteiger partial charge is 0.251 e. The van der Waals surface area contributed by atoms with E-state index in [1.54, 1.807) is 12.3 Å². The van der Waals surface area contributed by atoms with Crippen LogP contribution in [-0.4, -0.2) is 25.2 Å². The Hall–Kier alpha value is -1.98. The van der Waals surface area contributed by atoms with Crippen molar-refractivity contribution in [3.05, 3.63) is 40.1 Å². The zero-order valence-electron chi connectivity index (χ0n) is 7.64. The van der Waals surface area contributed by atoms with Crippen LogP contribution in [0.2, 0.25) is 0 Å². The molecular weight excluding hydrogens is 182 g/mol. The molecular formula is C8H9N5O. The molecule has 6 nitrogen and oxygen atoms in total. The van der Waals surface area contributed by atoms with Crippen molar-refractivity contribution >= 4 is 0 Å². The number of H-pyrrole nitrogens is 1. The fourth-order valence-electron chi connectivity index (χ4n) is 1.14. The van der Waals surface area contributed by atoms with Crippen LogP contribution < -0.4 is 5.56 Å². The third kappa shape index (κ3) is 1.68. The highest BCUT2D eigenvalue weighted by molar-refractivity contribution is 5.08. The molecule has 0 bridgehead atoms. The predicted molar refractivity (Wildman–Crippen MR) is 48.7 cm³/mol. The molecule has 2 aromatic rings. The Bertz CT molecular complexity index is 473. The minimum absolute atomic E-state index is 0.0604. The van der Waals surface area contributed by atoms with E-state index in [2.05, 4.69) is 20.6 Å². The number of aryl methyl sites for hydroxylation is 1. The monoisotopic (exact) mass is 191 g/mol. The molecule has 0 spiro atoms. The van der Waals surface area contributed by atoms with Crippen LogP contribution in [0.3, 0.4) is 0 Å². The van der Waals surface area contributed by atoms with E-state index in [1.807, 2.05) is 13.0 Å². The van der Waals surface area contributed by atoms with Crippen molar-refractivity contribution in [1.82, 2.24) is 25.2 Å². The highest BCUT2D eigenvalue weighted by atomic mass is 16.1. The highest BCUT2D eigenvalue weighted by Gasteiger charge is 2.01. The molecule has 0 atom stereocenters. The lowest BCUT2D eigenvalue weighted by Gasteiger charge is -2.01. The molecule has 0 amide bonds. The summed E-state index contributed by atoms with van der Waals surface area (Å²) in [7, 11) is 0. The van der Waals surface area contributed by atoms with Crippen molar-refractivity contribution in [2.24, 2.45) is 0 Å². The fourth-order valence-corrected chi connectivity index (χ4v) is 1.14. The summed E-state index contributed by atoms with van der Waals surface area (Å²) in [6.07, 6.45) is 1.72. The lowest BCUT2D eigenvalue weighted by atomic mass is 10.3. The number of hydrogen-bond acceptors (Lipinski definition) is 4. The van der Waals surface area contributed by atoms with E-state index in [9.17, 15) is 4.79 Å². The van der Waals surface area contributed by atoms with E-state index < -0.39 is 0 Å². The van der Waals surface area contributed by atoms with Crippen molar-refractivity contribution in [3.63, 3.8) is 0 Å². The quantitative estimate of drug-likeness (QED) is 0.708. The molecule has 0 unspecified atom stereocenters. The van der Waals surface area contributed by atoms with Gasteiger partial charge < -0.3 is 4.57 Å². The summed E-state index contributed by atoms with van der Waals surface area (Å²) in [5, 5.41) is 13.3. The van der Waals surface area contributed by atoms with Crippen molar-refractivity contribution < 1.29 is 0 Å². The van der Waals surface area contributed by atoms with Crippen molar-refractivity contribution in [3.8, 4) is 0 Å². The molecule has 0 saturated carbocycles. The Morgan fingerprint density at radius 1 is 1.57 bits per heavy atom. The van der Waals surface area contributed by atoms with Gasteiger partial charge in [0.05, 0.1) is 6.54 Å². The van der Waals surface area contributed by atoms with Crippen LogP contribution in [-0.2, 0) is 6.54 Å². The van der Waals surface area contributed by atoms with Gasteiger partial charge >= 0.3 is 0 Å². The molecule has 14 heavy (non-hydrogen) atoms. The Balaban J connectivity index is 2.30. The summed E-state index contributed by atoms with van der Waals surface area (Å²) >= 11 is 0. The first kappa shape index (κ1) is 8.61. The summed E-state index contributed by atoms with van der Waals surface area (Å²) in [5.74, 6) is 0.496. The first-order valence-corrected chi connectivity index (χ1v) is 4.15. The number of tetrazole rings is 1. The normalized spacial score (nSPS) is 10.4. The largest absolute Gasteiger partial charge is 0.308 e. The van der Waals surface area contributed by atoms with Gasteiger partial charge in [-0.1, -0.05) is 5.21 Å². The number of aromatic nitrogens is 5. The van der Waals surface area contributed by atoms with Gasteiger partial charge in [0, 0.05) is 12.3 Å². The van der Waals surface area contributed by atoms with Gasteiger partial charge in [-0.2, -0.15) is 5.21 Å². The maximum Gasteiger partial charge on any atom is 0.251 e. The van der Waals surface area contributed by atoms with E-state index >= 15 is 0 Å². The molecule has 0 aliphatic carbocycles. The van der Waals surface area contributed by atoms with Crippen LogP contribution in [0.1, 0.15) is 11.4 Å². The number of rotatable bonds is 2. The van der Waals surface area contributed by atoms with Gasteiger partial charge in [-0.05, 0) is 18.6 Å². The van der Waals surface area contributed by atoms with Crippen molar-refractivity contribution in [1.29, 1.82) is 0 Å². The molecule has 6 heteroatoms. The summed E-state index contributed by atoms with van der Waals surface area (Å²) in [4.78, 5) is 11.4. The predicted octanol–water partition coefficient (Wildman–Crippen LogP) is -0.282. The van der Waals surface area contributed by atoms with Gasteiger partial charge in [0.1, 0.15) is 0 Å². The van der Waals surface area contributed by atoms with Crippen molar-refractivity contribution in [2.75, 3.05) is 0 Å². The third-order valence-corrected chi connectivity index (χ3v) is 1.85. The Morgan fingerprint density at radius 2 is 2.43 bits per heavy atom. The van der Waals surface area contributed by atoms with Gasteiger partial charge in [0.25, 0.3) is 5.56 Å². The molecule has 0 saturated heterocycles. The number of pyridine rings is 1. The Labute approximate surface area is 79.6 Å². The van der Waals surface area contributed by atoms with Crippen LogP contribution >= 0.6 is 0 Å². The van der Waals surface area contributed by atoms with E-state index in [1.165, 1.54) is 4.57 Å². The Morgan fingerprint density at radius 3 is 3.07 bits per heavy atom. The second kappa shape index (κ2) is 3.41. The van der Waals surface area contributed by atoms with E-state index in [0.29, 0.717) is 12.4 Å². The maximum absolute atomic E-state index is 11.4. The van der Waals surface area contributed by atoms with E-state index in [-0.39, 0.29) is 5.56 Å². The Kier molecular flexibility index (Phi) is 2.10. The van der Waals surface area contributed by atoms with E-state index in [0.717, 1.165) is 5.56 Å². The molecule has 0 aliphatic heterocycles.